The number of ether oxygens (including phenoxy) is 6. The summed E-state index contributed by atoms with van der Waals surface area (Å²) in [4.78, 5) is 11.9. The van der Waals surface area contributed by atoms with Gasteiger partial charge in [-0.25, -0.2) is 29.8 Å². The number of benzene rings is 2. The zero-order chi connectivity index (χ0) is 48.9. The number of anilines is 1. The van der Waals surface area contributed by atoms with Gasteiger partial charge in [0.25, 0.3) is 0 Å². The molecule has 69 heavy (non-hydrogen) atoms. The van der Waals surface area contributed by atoms with Crippen LogP contribution >= 0.6 is 0 Å². The largest absolute Gasteiger partial charge is 1.00 e. The number of carbonyl (C=O) groups is 1. The fraction of sp³-hybridized carbons (Fsp3) is 0.545. The molecule has 0 bridgehead atoms. The van der Waals surface area contributed by atoms with Crippen molar-refractivity contribution in [3.63, 3.8) is 0 Å². The van der Waals surface area contributed by atoms with E-state index in [0.29, 0.717) is 88.7 Å². The number of hydrogen-bond donors (Lipinski definition) is 1. The summed E-state index contributed by atoms with van der Waals surface area (Å²) in [5, 5.41) is 9.35. The molecular formula is C44H60N2Na2O18S3. The molecule has 1 aliphatic carbocycles. The summed E-state index contributed by atoms with van der Waals surface area (Å²) in [7, 11) is -13.8. The van der Waals surface area contributed by atoms with Gasteiger partial charge < -0.3 is 56.5 Å². The SMILES string of the molecule is CC[N+](CCCS(=O)(=O)[O-])=c1ccc2c(/C=C/C=C3/N(CCOCCOCCOCCOCCOCCOCCC(=O)O)c4ccc(S(=O)(=O)[O-])cc4C3(C)CCCS(=O)(=O)[O-])ccoc-2c1.[Na+].[Na+]. The van der Waals surface area contributed by atoms with Gasteiger partial charge in [0, 0.05) is 52.9 Å². The van der Waals surface area contributed by atoms with Crippen LogP contribution in [-0.2, 0) is 69.0 Å². The second-order valence-electron chi connectivity index (χ2n) is 15.5. The minimum atomic E-state index is -4.87. The number of allylic oxidation sites excluding steroid dienone is 3. The number of carboxylic acids is 1. The number of carboxylic acid groups (broad SMARTS) is 1. The first-order valence-corrected chi connectivity index (χ1v) is 26.3. The third kappa shape index (κ3) is 22.3. The molecule has 3 aliphatic rings. The molecule has 2 heterocycles. The van der Waals surface area contributed by atoms with Crippen molar-refractivity contribution < 1.29 is 141 Å². The summed E-state index contributed by atoms with van der Waals surface area (Å²) < 4.78 is 146. The van der Waals surface area contributed by atoms with Gasteiger partial charge in [-0.15, -0.1) is 0 Å². The van der Waals surface area contributed by atoms with Crippen LogP contribution in [0, 0.1) is 0 Å². The van der Waals surface area contributed by atoms with Crippen molar-refractivity contribution in [1.29, 1.82) is 0 Å². The van der Waals surface area contributed by atoms with Gasteiger partial charge in [-0.2, -0.15) is 0 Å². The maximum absolute atomic E-state index is 12.2. The van der Waals surface area contributed by atoms with Crippen LogP contribution < -0.4 is 73.9 Å². The molecule has 0 radical (unpaired) electrons. The number of hydrogen-bond acceptors (Lipinski definition) is 18. The van der Waals surface area contributed by atoms with E-state index in [1.165, 1.54) is 24.5 Å². The molecule has 1 N–H and O–H groups in total. The molecule has 1 atom stereocenters. The molecular weight excluding hydrogens is 987 g/mol. The Hall–Kier alpha value is -2.11. The third-order valence-corrected chi connectivity index (χ3v) is 13.1. The van der Waals surface area contributed by atoms with Gasteiger partial charge in [0.1, 0.15) is 29.0 Å². The van der Waals surface area contributed by atoms with Crippen LogP contribution in [-0.4, -0.2) is 160 Å². The maximum atomic E-state index is 12.2. The van der Waals surface area contributed by atoms with Gasteiger partial charge in [-0.05, 0) is 74.2 Å². The van der Waals surface area contributed by atoms with Gasteiger partial charge in [-0.3, -0.25) is 4.79 Å². The molecule has 1 unspecified atom stereocenters. The van der Waals surface area contributed by atoms with E-state index in [0.717, 1.165) is 16.5 Å². The molecule has 0 aromatic heterocycles. The van der Waals surface area contributed by atoms with Crippen LogP contribution in [0.2, 0.25) is 0 Å². The molecule has 20 nitrogen and oxygen atoms in total. The standard InChI is InChI=1S/C44H62N2O18S3.2Na/c1-3-45(16-6-32-66(52,53)54)36-9-11-38-35(13-19-64-41(38)33-36)7-4-8-42-44(2,15-5-31-65(49,50)51)39-34-37(67(55,56)57)10-12-40(39)46(42)17-20-59-22-24-61-26-28-63-30-29-62-27-25-60-23-21-58-18-14-43(47)48;;/h4,7-13,19,33-34H,3,5-6,14-18,20-32H2,1-2H3,(H3-,47,48,49,50,51,52,53,54,55,56,57);;/q;2*+1/p-2. The first-order valence-electron chi connectivity index (χ1n) is 21.7. The van der Waals surface area contributed by atoms with Crippen molar-refractivity contribution >= 4 is 48.1 Å². The molecule has 0 saturated heterocycles. The summed E-state index contributed by atoms with van der Waals surface area (Å²) in [6, 6.07) is 11.4. The van der Waals surface area contributed by atoms with Crippen molar-refractivity contribution in [2.24, 2.45) is 0 Å². The molecule has 25 heteroatoms. The van der Waals surface area contributed by atoms with Crippen molar-refractivity contribution in [2.75, 3.05) is 115 Å². The molecule has 374 valence electrons. The van der Waals surface area contributed by atoms with Crippen LogP contribution in [0.5, 0.6) is 0 Å². The quantitative estimate of drug-likeness (QED) is 0.0269. The molecule has 4 rings (SSSR count). The topological polar surface area (TPSA) is 284 Å². The Morgan fingerprint density at radius 3 is 1.84 bits per heavy atom. The van der Waals surface area contributed by atoms with Gasteiger partial charge in [0.05, 0.1) is 123 Å². The zero-order valence-electron chi connectivity index (χ0n) is 39.7. The van der Waals surface area contributed by atoms with Crippen LogP contribution in [0.4, 0.5) is 5.69 Å². The second kappa shape index (κ2) is 31.5. The number of aliphatic carboxylic acids is 1. The van der Waals surface area contributed by atoms with E-state index < -0.39 is 58.1 Å². The third-order valence-electron chi connectivity index (χ3n) is 10.7. The van der Waals surface area contributed by atoms with E-state index in [2.05, 4.69) is 0 Å². The molecule has 0 amide bonds. The second-order valence-corrected chi connectivity index (χ2v) is 19.9. The van der Waals surface area contributed by atoms with E-state index >= 15 is 0 Å². The van der Waals surface area contributed by atoms with Gasteiger partial charge in [0.2, 0.25) is 5.36 Å². The summed E-state index contributed by atoms with van der Waals surface area (Å²) in [6.45, 7) is 8.48. The van der Waals surface area contributed by atoms with Crippen molar-refractivity contribution in [1.82, 2.24) is 4.58 Å². The first kappa shape index (κ1) is 63.0. The maximum Gasteiger partial charge on any atom is 1.00 e. The van der Waals surface area contributed by atoms with Crippen molar-refractivity contribution in [3.05, 3.63) is 83.1 Å². The average molecular weight is 1050 g/mol. The van der Waals surface area contributed by atoms with Crippen LogP contribution in [0.1, 0.15) is 50.7 Å². The Labute approximate surface area is 449 Å². The molecule has 1 aromatic carbocycles. The van der Waals surface area contributed by atoms with Crippen molar-refractivity contribution in [3.8, 4) is 11.3 Å². The van der Waals surface area contributed by atoms with E-state index in [1.807, 2.05) is 46.8 Å². The minimum Gasteiger partial charge on any atom is -0.748 e. The fourth-order valence-electron chi connectivity index (χ4n) is 7.41. The first-order chi connectivity index (χ1) is 31.8. The Balaban J connectivity index is 0.00000817. The van der Waals surface area contributed by atoms with Crippen molar-refractivity contribution in [2.45, 2.75) is 49.8 Å². The molecule has 1 aromatic rings. The number of fused-ring (bicyclic) bond motifs is 2. The summed E-state index contributed by atoms with van der Waals surface area (Å²) in [5.74, 6) is -1.49. The van der Waals surface area contributed by atoms with Crippen LogP contribution in [0.25, 0.3) is 17.4 Å². The molecule has 0 saturated carbocycles. The Bertz CT molecular complexity index is 2500. The Morgan fingerprint density at radius 2 is 1.30 bits per heavy atom. The van der Waals surface area contributed by atoms with E-state index in [9.17, 15) is 43.7 Å². The predicted molar refractivity (Wildman–Crippen MR) is 242 cm³/mol. The Morgan fingerprint density at radius 1 is 0.754 bits per heavy atom. The monoisotopic (exact) mass is 1050 g/mol. The van der Waals surface area contributed by atoms with E-state index in [4.69, 9.17) is 37.9 Å². The smallest absolute Gasteiger partial charge is 0.748 e. The Kier molecular flexibility index (Phi) is 28.7. The molecule has 0 spiro atoms. The zero-order valence-corrected chi connectivity index (χ0v) is 46.2. The van der Waals surface area contributed by atoms with Gasteiger partial charge in [-0.1, -0.05) is 12.2 Å². The normalized spacial score (nSPS) is 16.2. The van der Waals surface area contributed by atoms with Crippen LogP contribution in [0.3, 0.4) is 0 Å². The minimum absolute atomic E-state index is 0. The number of rotatable bonds is 33. The van der Waals surface area contributed by atoms with E-state index in [1.54, 1.807) is 19.1 Å². The average Bonchev–Trinajstić information content (AvgIpc) is 3.48. The molecule has 2 aliphatic heterocycles. The van der Waals surface area contributed by atoms with E-state index in [-0.39, 0.29) is 118 Å². The number of nitrogens with zero attached hydrogens (tertiary/aromatic N) is 2. The summed E-state index contributed by atoms with van der Waals surface area (Å²) in [5.41, 5.74) is 2.16. The van der Waals surface area contributed by atoms with Gasteiger partial charge >= 0.3 is 65.1 Å². The molecule has 0 fully saturated rings. The fourth-order valence-corrected chi connectivity index (χ4v) is 8.89. The summed E-state index contributed by atoms with van der Waals surface area (Å²) in [6.07, 6.45) is 7.16. The van der Waals surface area contributed by atoms with Crippen LogP contribution in [0.15, 0.2) is 75.9 Å². The van der Waals surface area contributed by atoms with Gasteiger partial charge in [0.15, 0.2) is 0 Å². The predicted octanol–water partition coefficient (Wildman–Crippen LogP) is -3.40. The summed E-state index contributed by atoms with van der Waals surface area (Å²) >= 11 is 0.